The Bertz CT molecular complexity index is 942. The number of aryl methyl sites for hydroxylation is 3. The fourth-order valence-electron chi connectivity index (χ4n) is 2.86. The van der Waals surface area contributed by atoms with Crippen LogP contribution in [0.4, 0.5) is 5.69 Å². The molecule has 0 saturated carbocycles. The van der Waals surface area contributed by atoms with E-state index in [0.717, 1.165) is 28.0 Å². The number of benzene rings is 2. The monoisotopic (exact) mass is 381 g/mol. The Kier molecular flexibility index (Phi) is 5.81. The lowest BCUT2D eigenvalue weighted by Crippen LogP contribution is -2.11. The van der Waals surface area contributed by atoms with Crippen molar-refractivity contribution in [2.45, 2.75) is 27.4 Å². The minimum atomic E-state index is -0.151. The highest BCUT2D eigenvalue weighted by molar-refractivity contribution is 7.12. The van der Waals surface area contributed by atoms with Crippen LogP contribution in [0.3, 0.4) is 0 Å². The number of rotatable bonds is 6. The number of hydrogen-bond donors (Lipinski definition) is 1. The van der Waals surface area contributed by atoms with E-state index in [1.807, 2.05) is 68.6 Å². The third-order valence-electron chi connectivity index (χ3n) is 4.27. The molecule has 0 aliphatic heterocycles. The summed E-state index contributed by atoms with van der Waals surface area (Å²) in [6.45, 7) is 6.47. The Morgan fingerprint density at radius 3 is 2.52 bits per heavy atom. The molecule has 5 heteroatoms. The van der Waals surface area contributed by atoms with E-state index in [9.17, 15) is 4.79 Å². The average molecular weight is 381 g/mol. The lowest BCUT2D eigenvalue weighted by molar-refractivity contribution is 0.103. The number of thiophene rings is 1. The zero-order chi connectivity index (χ0) is 19.4. The summed E-state index contributed by atoms with van der Waals surface area (Å²) in [4.78, 5) is 13.2. The van der Waals surface area contributed by atoms with Gasteiger partial charge in [0.05, 0.1) is 17.7 Å². The second-order valence-electron chi connectivity index (χ2n) is 6.49. The van der Waals surface area contributed by atoms with Gasteiger partial charge in [-0.25, -0.2) is 0 Å². The molecule has 0 atom stereocenters. The third-order valence-corrected chi connectivity index (χ3v) is 5.25. The number of anilines is 1. The lowest BCUT2D eigenvalue weighted by atomic mass is 10.1. The molecule has 0 fully saturated rings. The van der Waals surface area contributed by atoms with Crippen molar-refractivity contribution in [2.24, 2.45) is 0 Å². The maximum Gasteiger partial charge on any atom is 0.265 e. The quantitative estimate of drug-likeness (QED) is 0.612. The molecule has 0 aliphatic rings. The second-order valence-corrected chi connectivity index (χ2v) is 7.40. The zero-order valence-electron chi connectivity index (χ0n) is 16.0. The van der Waals surface area contributed by atoms with Crippen molar-refractivity contribution in [1.29, 1.82) is 0 Å². The lowest BCUT2D eigenvalue weighted by Gasteiger charge is -2.11. The van der Waals surface area contributed by atoms with Crippen LogP contribution in [0.2, 0.25) is 0 Å². The van der Waals surface area contributed by atoms with E-state index in [4.69, 9.17) is 9.47 Å². The number of carbonyl (C=O) groups is 1. The Morgan fingerprint density at radius 2 is 1.81 bits per heavy atom. The molecule has 1 N–H and O–H groups in total. The maximum absolute atomic E-state index is 12.6. The van der Waals surface area contributed by atoms with Gasteiger partial charge in [-0.3, -0.25) is 4.79 Å². The van der Waals surface area contributed by atoms with Crippen LogP contribution in [0.5, 0.6) is 11.5 Å². The van der Waals surface area contributed by atoms with Crippen molar-refractivity contribution in [3.8, 4) is 11.5 Å². The predicted molar refractivity (Wildman–Crippen MR) is 110 cm³/mol. The predicted octanol–water partition coefficient (Wildman–Crippen LogP) is 5.51. The van der Waals surface area contributed by atoms with E-state index in [0.29, 0.717) is 22.9 Å². The summed E-state index contributed by atoms with van der Waals surface area (Å²) in [5, 5.41) is 4.88. The van der Waals surface area contributed by atoms with E-state index in [2.05, 4.69) is 5.32 Å². The molecule has 3 rings (SSSR count). The van der Waals surface area contributed by atoms with Gasteiger partial charge in [-0.2, -0.15) is 0 Å². The van der Waals surface area contributed by atoms with Gasteiger partial charge in [0.25, 0.3) is 5.91 Å². The first-order valence-corrected chi connectivity index (χ1v) is 9.58. The van der Waals surface area contributed by atoms with Gasteiger partial charge < -0.3 is 14.8 Å². The number of para-hydroxylation sites is 1. The SMILES string of the molecule is COc1ccc(C)cc1NC(=O)c1cc(COc2c(C)cccc2C)cs1. The molecule has 1 aromatic heterocycles. The van der Waals surface area contributed by atoms with E-state index >= 15 is 0 Å². The van der Waals surface area contributed by atoms with Crippen LogP contribution in [0, 0.1) is 20.8 Å². The number of nitrogens with one attached hydrogen (secondary N) is 1. The molecule has 1 amide bonds. The van der Waals surface area contributed by atoms with Crippen molar-refractivity contribution in [2.75, 3.05) is 12.4 Å². The van der Waals surface area contributed by atoms with Crippen molar-refractivity contribution in [3.05, 3.63) is 75.0 Å². The van der Waals surface area contributed by atoms with Crippen molar-refractivity contribution >= 4 is 22.9 Å². The average Bonchev–Trinajstić information content (AvgIpc) is 3.11. The molecule has 140 valence electrons. The summed E-state index contributed by atoms with van der Waals surface area (Å²) in [7, 11) is 1.59. The van der Waals surface area contributed by atoms with Gasteiger partial charge in [-0.1, -0.05) is 24.3 Å². The fraction of sp³-hybridized carbons (Fsp3) is 0.227. The van der Waals surface area contributed by atoms with Crippen LogP contribution >= 0.6 is 11.3 Å². The smallest absolute Gasteiger partial charge is 0.265 e. The van der Waals surface area contributed by atoms with Gasteiger partial charge in [0.1, 0.15) is 18.1 Å². The van der Waals surface area contributed by atoms with E-state index in [1.54, 1.807) is 7.11 Å². The molecule has 2 aromatic carbocycles. The molecule has 0 aliphatic carbocycles. The molecule has 0 unspecified atom stereocenters. The molecule has 0 spiro atoms. The van der Waals surface area contributed by atoms with E-state index in [1.165, 1.54) is 11.3 Å². The molecule has 1 heterocycles. The molecule has 27 heavy (non-hydrogen) atoms. The Balaban J connectivity index is 1.68. The number of hydrogen-bond acceptors (Lipinski definition) is 4. The van der Waals surface area contributed by atoms with Crippen LogP contribution in [-0.4, -0.2) is 13.0 Å². The number of ether oxygens (including phenoxy) is 2. The highest BCUT2D eigenvalue weighted by Crippen LogP contribution is 2.27. The molecule has 0 saturated heterocycles. The highest BCUT2D eigenvalue weighted by Gasteiger charge is 2.13. The number of amides is 1. The van der Waals surface area contributed by atoms with Gasteiger partial charge in [-0.05, 0) is 61.0 Å². The minimum absolute atomic E-state index is 0.151. The zero-order valence-corrected chi connectivity index (χ0v) is 16.8. The summed E-state index contributed by atoms with van der Waals surface area (Å²) < 4.78 is 11.3. The first kappa shape index (κ1) is 19.0. The van der Waals surface area contributed by atoms with Gasteiger partial charge in [-0.15, -0.1) is 11.3 Å². The van der Waals surface area contributed by atoms with Crippen molar-refractivity contribution < 1.29 is 14.3 Å². The topological polar surface area (TPSA) is 47.6 Å². The second kappa shape index (κ2) is 8.27. The van der Waals surface area contributed by atoms with Crippen LogP contribution in [0.25, 0.3) is 0 Å². The summed E-state index contributed by atoms with van der Waals surface area (Å²) >= 11 is 1.41. The number of methoxy groups -OCH3 is 1. The van der Waals surface area contributed by atoms with Crippen LogP contribution in [0.1, 0.15) is 31.9 Å². The molecular formula is C22H23NO3S. The normalized spacial score (nSPS) is 10.5. The first-order chi connectivity index (χ1) is 13.0. The summed E-state index contributed by atoms with van der Waals surface area (Å²) in [5.74, 6) is 1.39. The summed E-state index contributed by atoms with van der Waals surface area (Å²) in [5.41, 5.74) is 4.91. The van der Waals surface area contributed by atoms with Crippen LogP contribution < -0.4 is 14.8 Å². The standard InChI is InChI=1S/C22H23NO3S/c1-14-8-9-19(25-4)18(10-14)23-22(24)20-11-17(13-27-20)12-26-21-15(2)6-5-7-16(21)3/h5-11,13H,12H2,1-4H3,(H,23,24). The van der Waals surface area contributed by atoms with Crippen LogP contribution in [0.15, 0.2) is 47.8 Å². The number of carbonyl (C=O) groups excluding carboxylic acids is 1. The largest absolute Gasteiger partial charge is 0.495 e. The molecule has 4 nitrogen and oxygen atoms in total. The van der Waals surface area contributed by atoms with Crippen LogP contribution in [-0.2, 0) is 6.61 Å². The third kappa shape index (κ3) is 4.49. The summed E-state index contributed by atoms with van der Waals surface area (Å²) in [6.07, 6.45) is 0. The molecule has 3 aromatic rings. The van der Waals surface area contributed by atoms with Crippen molar-refractivity contribution in [1.82, 2.24) is 0 Å². The first-order valence-electron chi connectivity index (χ1n) is 8.70. The minimum Gasteiger partial charge on any atom is -0.495 e. The Labute approximate surface area is 163 Å². The van der Waals surface area contributed by atoms with Gasteiger partial charge >= 0.3 is 0 Å². The van der Waals surface area contributed by atoms with E-state index < -0.39 is 0 Å². The fourth-order valence-corrected chi connectivity index (χ4v) is 3.65. The maximum atomic E-state index is 12.6. The van der Waals surface area contributed by atoms with Gasteiger partial charge in [0.15, 0.2) is 0 Å². The highest BCUT2D eigenvalue weighted by atomic mass is 32.1. The molecular weight excluding hydrogens is 358 g/mol. The Hall–Kier alpha value is -2.79. The van der Waals surface area contributed by atoms with Gasteiger partial charge in [0.2, 0.25) is 0 Å². The molecule has 0 radical (unpaired) electrons. The Morgan fingerprint density at radius 1 is 1.07 bits per heavy atom. The summed E-state index contributed by atoms with van der Waals surface area (Å²) in [6, 6.07) is 13.6. The van der Waals surface area contributed by atoms with E-state index in [-0.39, 0.29) is 5.91 Å². The van der Waals surface area contributed by atoms with Crippen molar-refractivity contribution in [3.63, 3.8) is 0 Å². The molecule has 0 bridgehead atoms. The van der Waals surface area contributed by atoms with Gasteiger partial charge in [0, 0.05) is 5.56 Å².